The first-order chi connectivity index (χ1) is 13.0. The molecule has 4 rings (SSSR count). The summed E-state index contributed by atoms with van der Waals surface area (Å²) in [5.74, 6) is -0.421. The van der Waals surface area contributed by atoms with E-state index in [0.717, 1.165) is 15.1 Å². The predicted molar refractivity (Wildman–Crippen MR) is 104 cm³/mol. The Balaban J connectivity index is 1.51. The predicted octanol–water partition coefficient (Wildman–Crippen LogP) is 3.58. The van der Waals surface area contributed by atoms with Gasteiger partial charge in [0, 0.05) is 42.9 Å². The van der Waals surface area contributed by atoms with E-state index in [1.807, 2.05) is 28.9 Å². The molecule has 1 aromatic carbocycles. The summed E-state index contributed by atoms with van der Waals surface area (Å²) in [4.78, 5) is 22.3. The number of nitriles is 1. The molecule has 0 unspecified atom stereocenters. The first-order valence-electron chi connectivity index (χ1n) is 8.65. The molecule has 0 aliphatic carbocycles. The molecule has 1 saturated heterocycles. The summed E-state index contributed by atoms with van der Waals surface area (Å²) < 4.78 is 14.6. The molecule has 0 N–H and O–H groups in total. The van der Waals surface area contributed by atoms with Crippen LogP contribution in [0.1, 0.15) is 20.8 Å². The van der Waals surface area contributed by atoms with Crippen LogP contribution in [0, 0.1) is 24.1 Å². The molecule has 3 heterocycles. The van der Waals surface area contributed by atoms with Crippen LogP contribution < -0.4 is 4.90 Å². The number of hydrogen-bond donors (Lipinski definition) is 0. The fourth-order valence-corrected chi connectivity index (χ4v) is 4.36. The molecule has 5 nitrogen and oxygen atoms in total. The zero-order chi connectivity index (χ0) is 19.0. The highest BCUT2D eigenvalue weighted by Gasteiger charge is 2.24. The smallest absolute Gasteiger partial charge is 0.255 e. The van der Waals surface area contributed by atoms with Crippen molar-refractivity contribution >= 4 is 33.1 Å². The highest BCUT2D eigenvalue weighted by atomic mass is 32.1. The zero-order valence-corrected chi connectivity index (χ0v) is 15.6. The monoisotopic (exact) mass is 380 g/mol. The Bertz CT molecular complexity index is 1060. The van der Waals surface area contributed by atoms with Gasteiger partial charge in [0.05, 0.1) is 27.4 Å². The van der Waals surface area contributed by atoms with E-state index >= 15 is 0 Å². The van der Waals surface area contributed by atoms with Crippen molar-refractivity contribution < 1.29 is 9.18 Å². The highest BCUT2D eigenvalue weighted by Crippen LogP contribution is 2.28. The summed E-state index contributed by atoms with van der Waals surface area (Å²) in [6.45, 7) is 4.29. The number of pyridine rings is 1. The van der Waals surface area contributed by atoms with Gasteiger partial charge in [-0.05, 0) is 37.3 Å². The molecule has 3 aromatic rings. The largest absolute Gasteiger partial charge is 0.368 e. The number of piperazine rings is 1. The van der Waals surface area contributed by atoms with Crippen LogP contribution >= 0.6 is 11.3 Å². The topological polar surface area (TPSA) is 60.2 Å². The lowest BCUT2D eigenvalue weighted by atomic mass is 10.1. The summed E-state index contributed by atoms with van der Waals surface area (Å²) >= 11 is 1.58. The van der Waals surface area contributed by atoms with Crippen molar-refractivity contribution in [2.24, 2.45) is 0 Å². The summed E-state index contributed by atoms with van der Waals surface area (Å²) in [6, 6.07) is 10.1. The Morgan fingerprint density at radius 1 is 1.22 bits per heavy atom. The van der Waals surface area contributed by atoms with Crippen molar-refractivity contribution in [1.29, 1.82) is 5.26 Å². The number of aromatic nitrogens is 1. The van der Waals surface area contributed by atoms with E-state index < -0.39 is 5.82 Å². The quantitative estimate of drug-likeness (QED) is 0.682. The lowest BCUT2D eigenvalue weighted by Crippen LogP contribution is -2.48. The van der Waals surface area contributed by atoms with Crippen molar-refractivity contribution in [2.45, 2.75) is 6.92 Å². The Kier molecular flexibility index (Phi) is 4.50. The van der Waals surface area contributed by atoms with Gasteiger partial charge in [-0.2, -0.15) is 5.26 Å². The third kappa shape index (κ3) is 3.36. The Hall–Kier alpha value is -2.98. The fraction of sp³-hybridized carbons (Fsp3) is 0.250. The number of carbonyl (C=O) groups is 1. The van der Waals surface area contributed by atoms with E-state index in [4.69, 9.17) is 5.26 Å². The summed E-state index contributed by atoms with van der Waals surface area (Å²) in [5, 5.41) is 9.02. The second-order valence-corrected chi connectivity index (χ2v) is 7.78. The first kappa shape index (κ1) is 17.4. The number of benzene rings is 1. The number of thiophene rings is 1. The van der Waals surface area contributed by atoms with E-state index in [1.54, 1.807) is 29.7 Å². The van der Waals surface area contributed by atoms with Crippen LogP contribution in [0.4, 0.5) is 10.1 Å². The SMILES string of the molecule is Cc1cc2nccc(C(=O)N3CCN(c4cc(F)cc(C#N)c4)CC3)c2s1. The van der Waals surface area contributed by atoms with E-state index in [-0.39, 0.29) is 5.91 Å². The molecule has 1 fully saturated rings. The standard InChI is InChI=1S/C20H17FN4OS/c1-13-8-18-19(27-13)17(2-3-23-18)20(26)25-6-4-24(5-7-25)16-10-14(12-22)9-15(21)11-16/h2-3,8-11H,4-7H2,1H3. The van der Waals surface area contributed by atoms with Gasteiger partial charge in [0.25, 0.3) is 5.91 Å². The number of rotatable bonds is 2. The number of carbonyl (C=O) groups excluding carboxylic acids is 1. The summed E-state index contributed by atoms with van der Waals surface area (Å²) in [6.07, 6.45) is 1.67. The zero-order valence-electron chi connectivity index (χ0n) is 14.8. The average Bonchev–Trinajstić information content (AvgIpc) is 3.07. The Morgan fingerprint density at radius 3 is 2.74 bits per heavy atom. The van der Waals surface area contributed by atoms with Gasteiger partial charge in [-0.3, -0.25) is 9.78 Å². The van der Waals surface area contributed by atoms with E-state index in [9.17, 15) is 9.18 Å². The van der Waals surface area contributed by atoms with Crippen molar-refractivity contribution in [1.82, 2.24) is 9.88 Å². The molecule has 27 heavy (non-hydrogen) atoms. The highest BCUT2D eigenvalue weighted by molar-refractivity contribution is 7.19. The van der Waals surface area contributed by atoms with Crippen molar-refractivity contribution in [3.05, 3.63) is 58.3 Å². The van der Waals surface area contributed by atoms with Crippen LogP contribution in [-0.2, 0) is 0 Å². The normalized spacial score (nSPS) is 14.4. The molecular formula is C20H17FN4OS. The minimum absolute atomic E-state index is 0.000793. The number of halogens is 1. The molecule has 1 amide bonds. The molecule has 2 aromatic heterocycles. The maximum Gasteiger partial charge on any atom is 0.255 e. The van der Waals surface area contributed by atoms with E-state index in [2.05, 4.69) is 4.98 Å². The Labute approximate surface area is 160 Å². The minimum atomic E-state index is -0.421. The molecule has 0 atom stereocenters. The van der Waals surface area contributed by atoms with Crippen LogP contribution in [0.25, 0.3) is 10.2 Å². The average molecular weight is 380 g/mol. The van der Waals surface area contributed by atoms with Gasteiger partial charge in [-0.1, -0.05) is 0 Å². The number of fused-ring (bicyclic) bond motifs is 1. The van der Waals surface area contributed by atoms with Gasteiger partial charge in [0.2, 0.25) is 0 Å². The molecular weight excluding hydrogens is 363 g/mol. The van der Waals surface area contributed by atoms with E-state index in [1.165, 1.54) is 12.1 Å². The van der Waals surface area contributed by atoms with Crippen molar-refractivity contribution in [2.75, 3.05) is 31.1 Å². The molecule has 0 spiro atoms. The van der Waals surface area contributed by atoms with Gasteiger partial charge in [0.1, 0.15) is 5.82 Å². The maximum atomic E-state index is 13.7. The molecule has 1 aliphatic heterocycles. The van der Waals surface area contributed by atoms with E-state index in [0.29, 0.717) is 43.0 Å². The molecule has 7 heteroatoms. The maximum absolute atomic E-state index is 13.7. The first-order valence-corrected chi connectivity index (χ1v) is 9.47. The van der Waals surface area contributed by atoms with Crippen molar-refractivity contribution in [3.8, 4) is 6.07 Å². The third-order valence-electron chi connectivity index (χ3n) is 4.71. The van der Waals surface area contributed by atoms with Crippen LogP contribution in [0.3, 0.4) is 0 Å². The number of nitrogens with zero attached hydrogens (tertiary/aromatic N) is 4. The van der Waals surface area contributed by atoms with Crippen LogP contribution in [-0.4, -0.2) is 42.0 Å². The van der Waals surface area contributed by atoms with Crippen LogP contribution in [0.5, 0.6) is 0 Å². The second kappa shape index (κ2) is 6.97. The molecule has 0 radical (unpaired) electrons. The number of aryl methyl sites for hydroxylation is 1. The minimum Gasteiger partial charge on any atom is -0.368 e. The van der Waals surface area contributed by atoms with Gasteiger partial charge >= 0.3 is 0 Å². The lowest BCUT2D eigenvalue weighted by molar-refractivity contribution is 0.0749. The molecule has 0 bridgehead atoms. The van der Waals surface area contributed by atoms with Crippen molar-refractivity contribution in [3.63, 3.8) is 0 Å². The molecule has 0 saturated carbocycles. The van der Waals surface area contributed by atoms with Crippen LogP contribution in [0.15, 0.2) is 36.5 Å². The van der Waals surface area contributed by atoms with Crippen LogP contribution in [0.2, 0.25) is 0 Å². The third-order valence-corrected chi connectivity index (χ3v) is 5.78. The lowest BCUT2D eigenvalue weighted by Gasteiger charge is -2.36. The molecule has 1 aliphatic rings. The fourth-order valence-electron chi connectivity index (χ4n) is 3.39. The van der Waals surface area contributed by atoms with Gasteiger partial charge in [-0.25, -0.2) is 4.39 Å². The number of anilines is 1. The summed E-state index contributed by atoms with van der Waals surface area (Å²) in [7, 11) is 0. The number of amides is 1. The summed E-state index contributed by atoms with van der Waals surface area (Å²) in [5.41, 5.74) is 2.52. The Morgan fingerprint density at radius 2 is 2.00 bits per heavy atom. The second-order valence-electron chi connectivity index (χ2n) is 6.52. The van der Waals surface area contributed by atoms with Gasteiger partial charge in [-0.15, -0.1) is 11.3 Å². The van der Waals surface area contributed by atoms with Gasteiger partial charge in [0.15, 0.2) is 0 Å². The molecule has 136 valence electrons. The van der Waals surface area contributed by atoms with Gasteiger partial charge < -0.3 is 9.80 Å². The number of hydrogen-bond acceptors (Lipinski definition) is 5.